The molecule has 1 aromatic carbocycles. The molecule has 2 rings (SSSR count). The second-order valence-electron chi connectivity index (χ2n) is 7.74. The molecule has 150 valence electrons. The van der Waals surface area contributed by atoms with Gasteiger partial charge in [-0.1, -0.05) is 23.8 Å². The average molecular weight is 383 g/mol. The van der Waals surface area contributed by atoms with Crippen LogP contribution in [0.15, 0.2) is 48.8 Å². The van der Waals surface area contributed by atoms with Crippen molar-refractivity contribution >= 4 is 12.0 Å². The van der Waals surface area contributed by atoms with Crippen molar-refractivity contribution in [2.24, 2.45) is 0 Å². The Morgan fingerprint density at radius 3 is 2.61 bits per heavy atom. The van der Waals surface area contributed by atoms with Gasteiger partial charge in [0.25, 0.3) is 5.91 Å². The summed E-state index contributed by atoms with van der Waals surface area (Å²) in [5.41, 5.74) is 2.04. The van der Waals surface area contributed by atoms with E-state index in [1.54, 1.807) is 23.4 Å². The summed E-state index contributed by atoms with van der Waals surface area (Å²) in [4.78, 5) is 30.5. The quantitative estimate of drug-likeness (QED) is 0.735. The van der Waals surface area contributed by atoms with E-state index in [2.05, 4.69) is 10.3 Å². The highest BCUT2D eigenvalue weighted by molar-refractivity contribution is 5.94. The van der Waals surface area contributed by atoms with E-state index in [-0.39, 0.29) is 12.0 Å². The Morgan fingerprint density at radius 1 is 1.18 bits per heavy atom. The highest BCUT2D eigenvalue weighted by Crippen LogP contribution is 2.13. The predicted molar refractivity (Wildman–Crippen MR) is 109 cm³/mol. The van der Waals surface area contributed by atoms with E-state index in [1.807, 2.05) is 58.0 Å². The minimum absolute atomic E-state index is 0.111. The molecule has 0 fully saturated rings. The van der Waals surface area contributed by atoms with Gasteiger partial charge in [0.15, 0.2) is 0 Å². The zero-order chi connectivity index (χ0) is 20.6. The molecule has 0 aliphatic rings. The van der Waals surface area contributed by atoms with Crippen LogP contribution in [0.2, 0.25) is 0 Å². The van der Waals surface area contributed by atoms with Crippen molar-refractivity contribution in [1.82, 2.24) is 15.2 Å². The Balaban J connectivity index is 1.90. The summed E-state index contributed by atoms with van der Waals surface area (Å²) in [7, 11) is 0. The smallest absolute Gasteiger partial charge is 0.410 e. The third-order valence-corrected chi connectivity index (χ3v) is 3.92. The van der Waals surface area contributed by atoms with E-state index in [0.717, 1.165) is 11.1 Å². The van der Waals surface area contributed by atoms with Crippen LogP contribution in [0.25, 0.3) is 0 Å². The predicted octanol–water partition coefficient (Wildman–Crippen LogP) is 3.95. The molecule has 0 atom stereocenters. The highest BCUT2D eigenvalue weighted by atomic mass is 16.6. The number of aromatic nitrogens is 1. The van der Waals surface area contributed by atoms with Crippen LogP contribution in [0, 0.1) is 6.92 Å². The second-order valence-corrected chi connectivity index (χ2v) is 7.74. The van der Waals surface area contributed by atoms with Crippen LogP contribution >= 0.6 is 0 Å². The average Bonchev–Trinajstić information content (AvgIpc) is 2.63. The van der Waals surface area contributed by atoms with Gasteiger partial charge in [-0.05, 0) is 57.9 Å². The number of hydrogen-bond acceptors (Lipinski definition) is 4. The molecule has 0 radical (unpaired) electrons. The van der Waals surface area contributed by atoms with Gasteiger partial charge in [-0.3, -0.25) is 9.78 Å². The minimum Gasteiger partial charge on any atom is -0.444 e. The first-order chi connectivity index (χ1) is 13.2. The summed E-state index contributed by atoms with van der Waals surface area (Å²) in [6.45, 7) is 8.83. The Bertz CT molecular complexity index is 785. The normalized spacial score (nSPS) is 11.0. The standard InChI is InChI=1S/C22H29N3O3/c1-17-8-5-10-19(14-17)20(26)24-12-7-13-25(21(27)28-22(2,3)4)16-18-9-6-11-23-15-18/h5-6,8-11,14-15H,7,12-13,16H2,1-4H3,(H,24,26). The van der Waals surface area contributed by atoms with Gasteiger partial charge in [-0.2, -0.15) is 0 Å². The molecule has 28 heavy (non-hydrogen) atoms. The molecule has 0 aliphatic heterocycles. The molecular weight excluding hydrogens is 354 g/mol. The summed E-state index contributed by atoms with van der Waals surface area (Å²) in [6.07, 6.45) is 3.68. The zero-order valence-electron chi connectivity index (χ0n) is 17.1. The number of carbonyl (C=O) groups excluding carboxylic acids is 2. The van der Waals surface area contributed by atoms with E-state index >= 15 is 0 Å². The van der Waals surface area contributed by atoms with Gasteiger partial charge in [-0.25, -0.2) is 4.79 Å². The molecular formula is C22H29N3O3. The SMILES string of the molecule is Cc1cccc(C(=O)NCCCN(Cc2cccnc2)C(=O)OC(C)(C)C)c1. The summed E-state index contributed by atoms with van der Waals surface area (Å²) < 4.78 is 5.51. The molecule has 0 saturated carbocycles. The molecule has 0 spiro atoms. The van der Waals surface area contributed by atoms with E-state index in [4.69, 9.17) is 4.74 Å². The molecule has 6 nitrogen and oxygen atoms in total. The van der Waals surface area contributed by atoms with Crippen LogP contribution in [0.1, 0.15) is 48.7 Å². The number of nitrogens with zero attached hydrogens (tertiary/aromatic N) is 2. The summed E-state index contributed by atoms with van der Waals surface area (Å²) in [6, 6.07) is 11.2. The largest absolute Gasteiger partial charge is 0.444 e. The van der Waals surface area contributed by atoms with Gasteiger partial charge in [0.1, 0.15) is 5.60 Å². The lowest BCUT2D eigenvalue weighted by atomic mass is 10.1. The number of hydrogen-bond donors (Lipinski definition) is 1. The number of ether oxygens (including phenoxy) is 1. The van der Waals surface area contributed by atoms with Crippen molar-refractivity contribution in [2.45, 2.75) is 46.3 Å². The van der Waals surface area contributed by atoms with Crippen LogP contribution < -0.4 is 5.32 Å². The van der Waals surface area contributed by atoms with Crippen LogP contribution in [-0.2, 0) is 11.3 Å². The van der Waals surface area contributed by atoms with Gasteiger partial charge in [-0.15, -0.1) is 0 Å². The van der Waals surface area contributed by atoms with Crippen LogP contribution in [0.5, 0.6) is 0 Å². The summed E-state index contributed by atoms with van der Waals surface area (Å²) >= 11 is 0. The topological polar surface area (TPSA) is 71.5 Å². The van der Waals surface area contributed by atoms with Crippen LogP contribution in [0.4, 0.5) is 4.79 Å². The zero-order valence-corrected chi connectivity index (χ0v) is 17.1. The number of benzene rings is 1. The molecule has 0 unspecified atom stereocenters. The monoisotopic (exact) mass is 383 g/mol. The van der Waals surface area contributed by atoms with Crippen molar-refractivity contribution in [3.05, 3.63) is 65.5 Å². The van der Waals surface area contributed by atoms with E-state index in [1.165, 1.54) is 0 Å². The number of nitrogens with one attached hydrogen (secondary N) is 1. The fourth-order valence-electron chi connectivity index (χ4n) is 2.63. The van der Waals surface area contributed by atoms with Crippen LogP contribution in [-0.4, -0.2) is 40.6 Å². The number of rotatable bonds is 7. The first-order valence-electron chi connectivity index (χ1n) is 9.46. The lowest BCUT2D eigenvalue weighted by Gasteiger charge is -2.27. The van der Waals surface area contributed by atoms with Crippen molar-refractivity contribution in [3.63, 3.8) is 0 Å². The summed E-state index contributed by atoms with van der Waals surface area (Å²) in [5.74, 6) is -0.111. The van der Waals surface area contributed by atoms with Gasteiger partial charge in [0.05, 0.1) is 6.54 Å². The molecule has 1 N–H and O–H groups in total. The number of amides is 2. The number of pyridine rings is 1. The first kappa shape index (κ1) is 21.4. The lowest BCUT2D eigenvalue weighted by molar-refractivity contribution is 0.0232. The van der Waals surface area contributed by atoms with Gasteiger partial charge < -0.3 is 15.0 Å². The van der Waals surface area contributed by atoms with Crippen molar-refractivity contribution in [1.29, 1.82) is 0 Å². The molecule has 2 aromatic rings. The molecule has 0 saturated heterocycles. The molecule has 6 heteroatoms. The molecule has 1 aromatic heterocycles. The first-order valence-corrected chi connectivity index (χ1v) is 9.46. The Hall–Kier alpha value is -2.89. The Morgan fingerprint density at radius 2 is 1.96 bits per heavy atom. The van der Waals surface area contributed by atoms with E-state index in [9.17, 15) is 9.59 Å². The van der Waals surface area contributed by atoms with Crippen LogP contribution in [0.3, 0.4) is 0 Å². The lowest BCUT2D eigenvalue weighted by Crippen LogP contribution is -2.38. The van der Waals surface area contributed by atoms with Gasteiger partial charge in [0, 0.05) is 31.0 Å². The fraction of sp³-hybridized carbons (Fsp3) is 0.409. The van der Waals surface area contributed by atoms with Gasteiger partial charge >= 0.3 is 6.09 Å². The highest BCUT2D eigenvalue weighted by Gasteiger charge is 2.22. The van der Waals surface area contributed by atoms with Gasteiger partial charge in [0.2, 0.25) is 0 Å². The molecule has 0 aliphatic carbocycles. The number of aryl methyl sites for hydroxylation is 1. The maximum atomic E-state index is 12.5. The van der Waals surface area contributed by atoms with Crippen molar-refractivity contribution < 1.29 is 14.3 Å². The van der Waals surface area contributed by atoms with Crippen molar-refractivity contribution in [2.75, 3.05) is 13.1 Å². The maximum Gasteiger partial charge on any atom is 0.410 e. The number of carbonyl (C=O) groups is 2. The fourth-order valence-corrected chi connectivity index (χ4v) is 2.63. The second kappa shape index (κ2) is 9.88. The molecule has 1 heterocycles. The van der Waals surface area contributed by atoms with E-state index in [0.29, 0.717) is 31.6 Å². The minimum atomic E-state index is -0.566. The molecule has 0 bridgehead atoms. The third kappa shape index (κ3) is 7.39. The van der Waals surface area contributed by atoms with Crippen molar-refractivity contribution in [3.8, 4) is 0 Å². The summed E-state index contributed by atoms with van der Waals surface area (Å²) in [5, 5.41) is 2.90. The third-order valence-electron chi connectivity index (χ3n) is 3.92. The van der Waals surface area contributed by atoms with E-state index < -0.39 is 5.60 Å². The Kier molecular flexibility index (Phi) is 7.55. The molecule has 2 amide bonds. The maximum absolute atomic E-state index is 12.5. The Labute approximate surface area is 166 Å².